The van der Waals surface area contributed by atoms with E-state index in [0.29, 0.717) is 52.6 Å². The number of nitrogens with zero attached hydrogens (tertiary/aromatic N) is 3. The van der Waals surface area contributed by atoms with Crippen molar-refractivity contribution in [3.8, 4) is 0 Å². The van der Waals surface area contributed by atoms with E-state index in [1.807, 2.05) is 62.9 Å². The van der Waals surface area contributed by atoms with Crippen molar-refractivity contribution < 1.29 is 23.9 Å². The second-order valence-corrected chi connectivity index (χ2v) is 12.3. The summed E-state index contributed by atoms with van der Waals surface area (Å²) in [6.45, 7) is 14.9. The van der Waals surface area contributed by atoms with Crippen LogP contribution < -0.4 is 21.7 Å². The molecule has 266 valence electrons. The summed E-state index contributed by atoms with van der Waals surface area (Å²) < 4.78 is 5.28. The van der Waals surface area contributed by atoms with Crippen LogP contribution in [0.4, 0.5) is 10.5 Å². The maximum absolute atomic E-state index is 13.3. The van der Waals surface area contributed by atoms with E-state index in [0.717, 1.165) is 18.4 Å². The predicted molar refractivity (Wildman–Crippen MR) is 196 cm³/mol. The first-order chi connectivity index (χ1) is 23.9. The Morgan fingerprint density at radius 1 is 1.06 bits per heavy atom. The summed E-state index contributed by atoms with van der Waals surface area (Å²) in [6.07, 6.45) is 9.33. The normalized spacial score (nSPS) is 14.6. The average Bonchev–Trinajstić information content (AvgIpc) is 3.24. The Balaban J connectivity index is 1.63. The van der Waals surface area contributed by atoms with E-state index in [9.17, 15) is 19.2 Å². The smallest absolute Gasteiger partial charge is 0.408 e. The first kappa shape index (κ1) is 38.9. The van der Waals surface area contributed by atoms with Crippen LogP contribution in [0.25, 0.3) is 0 Å². The number of carbonyl (C=O) groups excluding carboxylic acids is 4. The molecule has 50 heavy (non-hydrogen) atoms. The van der Waals surface area contributed by atoms with Gasteiger partial charge in [0.15, 0.2) is 0 Å². The molecule has 1 unspecified atom stereocenters. The number of pyridine rings is 1. The van der Waals surface area contributed by atoms with Gasteiger partial charge in [-0.15, -0.1) is 0 Å². The summed E-state index contributed by atoms with van der Waals surface area (Å²) in [7, 11) is 0. The highest BCUT2D eigenvalue weighted by Gasteiger charge is 2.25. The molecule has 0 fully saturated rings. The van der Waals surface area contributed by atoms with Crippen molar-refractivity contribution in [1.82, 2.24) is 20.5 Å². The van der Waals surface area contributed by atoms with Gasteiger partial charge in [0.2, 0.25) is 11.8 Å². The number of nitrogens with one attached hydrogen (secondary N) is 3. The summed E-state index contributed by atoms with van der Waals surface area (Å²) in [5.74, 6) is -0.752. The molecule has 0 saturated heterocycles. The lowest BCUT2D eigenvalue weighted by Crippen LogP contribution is -2.49. The Kier molecular flexibility index (Phi) is 15.2. The molecule has 1 aliphatic rings. The molecule has 0 spiro atoms. The minimum Gasteiger partial charge on any atom is -0.445 e. The summed E-state index contributed by atoms with van der Waals surface area (Å²) in [6, 6.07) is 10.1. The van der Waals surface area contributed by atoms with Crippen LogP contribution in [0.5, 0.6) is 0 Å². The van der Waals surface area contributed by atoms with Gasteiger partial charge in [0, 0.05) is 49.0 Å². The van der Waals surface area contributed by atoms with E-state index in [2.05, 4.69) is 32.5 Å². The van der Waals surface area contributed by atoms with Gasteiger partial charge in [0.25, 0.3) is 5.91 Å². The molecule has 1 atom stereocenters. The molecule has 0 aliphatic carbocycles. The van der Waals surface area contributed by atoms with Crippen molar-refractivity contribution in [1.29, 1.82) is 0 Å². The van der Waals surface area contributed by atoms with E-state index >= 15 is 0 Å². The molecule has 12 heteroatoms. The summed E-state index contributed by atoms with van der Waals surface area (Å²) in [4.78, 5) is 62.2. The predicted octanol–water partition coefficient (Wildman–Crippen LogP) is 5.31. The number of hydrogen-bond donors (Lipinski definition) is 4. The van der Waals surface area contributed by atoms with Crippen LogP contribution in [-0.2, 0) is 32.3 Å². The van der Waals surface area contributed by atoms with Gasteiger partial charge in [-0.25, -0.2) is 9.79 Å². The zero-order valence-electron chi connectivity index (χ0n) is 29.6. The monoisotopic (exact) mass is 683 g/mol. The topological polar surface area (TPSA) is 168 Å². The average molecular weight is 684 g/mol. The Morgan fingerprint density at radius 2 is 1.76 bits per heavy atom. The summed E-state index contributed by atoms with van der Waals surface area (Å²) in [5.41, 5.74) is 9.88. The molecule has 1 aromatic heterocycles. The molecule has 0 radical (unpaired) electrons. The van der Waals surface area contributed by atoms with Gasteiger partial charge in [-0.2, -0.15) is 0 Å². The van der Waals surface area contributed by atoms with Crippen molar-refractivity contribution in [2.24, 2.45) is 16.6 Å². The second-order valence-electron chi connectivity index (χ2n) is 12.3. The molecule has 1 aliphatic heterocycles. The van der Waals surface area contributed by atoms with E-state index in [1.165, 1.54) is 6.20 Å². The van der Waals surface area contributed by atoms with Crippen LogP contribution in [0.1, 0.15) is 65.0 Å². The lowest BCUT2D eigenvalue weighted by molar-refractivity contribution is -0.127. The van der Waals surface area contributed by atoms with Gasteiger partial charge in [-0.1, -0.05) is 76.8 Å². The van der Waals surface area contributed by atoms with Gasteiger partial charge in [0.05, 0.1) is 17.6 Å². The largest absolute Gasteiger partial charge is 0.445 e. The SMILES string of the molecule is C=C1N=C(N)CC(C(=O)N(CCC)CCC)=C/C1=C/C=C(\C)C(=O)Nc1cncc(CNC(=O)C(NC(=O)OCc2ccccc2)C(C)C)c1. The fourth-order valence-corrected chi connectivity index (χ4v) is 5.03. The summed E-state index contributed by atoms with van der Waals surface area (Å²) >= 11 is 0. The number of amides is 4. The van der Waals surface area contributed by atoms with E-state index in [1.54, 1.807) is 37.4 Å². The van der Waals surface area contributed by atoms with Gasteiger partial charge in [-0.05, 0) is 49.0 Å². The Hall–Kier alpha value is -5.52. The molecule has 2 aromatic rings. The van der Waals surface area contributed by atoms with Crippen LogP contribution in [0, 0.1) is 5.92 Å². The van der Waals surface area contributed by atoms with Crippen LogP contribution in [0.2, 0.25) is 0 Å². The molecule has 5 N–H and O–H groups in total. The third kappa shape index (κ3) is 12.2. The lowest BCUT2D eigenvalue weighted by Gasteiger charge is -2.22. The first-order valence-electron chi connectivity index (χ1n) is 16.8. The van der Waals surface area contributed by atoms with Gasteiger partial charge in [-0.3, -0.25) is 19.4 Å². The van der Waals surface area contributed by atoms with Crippen molar-refractivity contribution >= 4 is 35.3 Å². The van der Waals surface area contributed by atoms with Crippen LogP contribution in [0.15, 0.2) is 101 Å². The number of alkyl carbamates (subject to hydrolysis) is 1. The number of rotatable bonds is 15. The number of hydrogen-bond acceptors (Lipinski definition) is 8. The number of amidine groups is 1. The van der Waals surface area contributed by atoms with E-state index in [-0.39, 0.29) is 43.2 Å². The number of carbonyl (C=O) groups is 4. The summed E-state index contributed by atoms with van der Waals surface area (Å²) in [5, 5.41) is 8.29. The van der Waals surface area contributed by atoms with Crippen LogP contribution in [-0.4, -0.2) is 58.7 Å². The molecule has 4 amide bonds. The highest BCUT2D eigenvalue weighted by molar-refractivity contribution is 6.04. The van der Waals surface area contributed by atoms with Crippen molar-refractivity contribution in [3.63, 3.8) is 0 Å². The lowest BCUT2D eigenvalue weighted by atomic mass is 10.0. The fraction of sp³-hybridized carbons (Fsp3) is 0.368. The number of aromatic nitrogens is 1. The Morgan fingerprint density at radius 3 is 2.42 bits per heavy atom. The third-order valence-electron chi connectivity index (χ3n) is 7.69. The number of nitrogens with two attached hydrogens (primary N) is 1. The Labute approximate surface area is 294 Å². The molecule has 12 nitrogen and oxygen atoms in total. The maximum Gasteiger partial charge on any atom is 0.408 e. The zero-order valence-corrected chi connectivity index (χ0v) is 29.6. The van der Waals surface area contributed by atoms with E-state index in [4.69, 9.17) is 10.5 Å². The number of ether oxygens (including phenoxy) is 1. The molecule has 1 aromatic carbocycles. The van der Waals surface area contributed by atoms with E-state index < -0.39 is 12.1 Å². The van der Waals surface area contributed by atoms with Crippen molar-refractivity contribution in [2.45, 2.75) is 73.1 Å². The number of benzene rings is 1. The Bertz CT molecular complexity index is 1650. The third-order valence-corrected chi connectivity index (χ3v) is 7.69. The minimum absolute atomic E-state index is 0.0878. The first-order valence-corrected chi connectivity index (χ1v) is 16.8. The highest BCUT2D eigenvalue weighted by Crippen LogP contribution is 2.22. The minimum atomic E-state index is -0.821. The fourth-order valence-electron chi connectivity index (χ4n) is 5.03. The van der Waals surface area contributed by atoms with Crippen molar-refractivity contribution in [3.05, 3.63) is 107 Å². The quantitative estimate of drug-likeness (QED) is 0.185. The van der Waals surface area contributed by atoms with Crippen LogP contribution in [0.3, 0.4) is 0 Å². The molecule has 3 rings (SSSR count). The van der Waals surface area contributed by atoms with Crippen molar-refractivity contribution in [2.75, 3.05) is 18.4 Å². The van der Waals surface area contributed by atoms with Gasteiger partial charge < -0.3 is 31.3 Å². The second kappa shape index (κ2) is 19.5. The standard InChI is InChI=1S/C38H49N7O5/c1-7-16-45(17-8-2)37(48)31-19-30(27(6)42-33(39)20-31)15-14-26(5)35(46)43-32-18-29(21-40-23-32)22-41-36(47)34(25(3)4)44-38(49)50-24-28-12-10-9-11-13-28/h9-15,18-19,21,23,25,34H,6-8,16-17,20,22,24H2,1-5H3,(H2,39,42)(H,41,47)(H,43,46)(H,44,49)/b26-14+,30-15-. The van der Waals surface area contributed by atoms with Gasteiger partial charge >= 0.3 is 6.09 Å². The molecule has 0 saturated carbocycles. The van der Waals surface area contributed by atoms with Crippen LogP contribution >= 0.6 is 0 Å². The maximum atomic E-state index is 13.3. The molecule has 2 heterocycles. The number of aliphatic imine (C=N–C) groups is 1. The molecular formula is C38H49N7O5. The number of anilines is 1. The highest BCUT2D eigenvalue weighted by atomic mass is 16.5. The molecule has 0 bridgehead atoms. The molecular weight excluding hydrogens is 634 g/mol. The van der Waals surface area contributed by atoms with Gasteiger partial charge in [0.1, 0.15) is 18.5 Å². The number of allylic oxidation sites excluding steroid dienone is 3. The zero-order chi connectivity index (χ0) is 36.6.